The van der Waals surface area contributed by atoms with E-state index in [4.69, 9.17) is 18.9 Å². The first kappa shape index (κ1) is 20.9. The highest BCUT2D eigenvalue weighted by Crippen LogP contribution is 2.42. The Morgan fingerprint density at radius 2 is 1.97 bits per heavy atom. The maximum atomic E-state index is 12.8. The molecule has 1 aromatic heterocycles. The van der Waals surface area contributed by atoms with Crippen molar-refractivity contribution in [2.45, 2.75) is 31.9 Å². The van der Waals surface area contributed by atoms with Crippen LogP contribution in [0.5, 0.6) is 23.0 Å². The van der Waals surface area contributed by atoms with E-state index in [-0.39, 0.29) is 24.0 Å². The average Bonchev–Trinajstić information content (AvgIpc) is 3.08. The Hall–Kier alpha value is -3.32. The molecule has 0 aliphatic carbocycles. The highest BCUT2D eigenvalue weighted by molar-refractivity contribution is 5.87. The molecule has 0 spiro atoms. The van der Waals surface area contributed by atoms with Crippen molar-refractivity contribution in [2.24, 2.45) is 0 Å². The van der Waals surface area contributed by atoms with Crippen LogP contribution in [0.25, 0.3) is 10.9 Å². The summed E-state index contributed by atoms with van der Waals surface area (Å²) < 4.78 is 22.5. The third-order valence-electron chi connectivity index (χ3n) is 5.33. The molecule has 1 aliphatic rings. The van der Waals surface area contributed by atoms with E-state index in [0.29, 0.717) is 23.9 Å². The van der Waals surface area contributed by atoms with Crippen molar-refractivity contribution in [3.05, 3.63) is 54.2 Å². The zero-order chi connectivity index (χ0) is 22.0. The largest absolute Gasteiger partial charge is 0.497 e. The number of ether oxygens (including phenoxy) is 4. The van der Waals surface area contributed by atoms with Gasteiger partial charge in [-0.15, -0.1) is 0 Å². The highest BCUT2D eigenvalue weighted by atomic mass is 16.5. The molecule has 2 heterocycles. The predicted octanol–water partition coefficient (Wildman–Crippen LogP) is 4.05. The van der Waals surface area contributed by atoms with E-state index in [1.807, 2.05) is 56.3 Å². The van der Waals surface area contributed by atoms with E-state index >= 15 is 0 Å². The van der Waals surface area contributed by atoms with Crippen LogP contribution in [-0.2, 0) is 9.53 Å². The van der Waals surface area contributed by atoms with Gasteiger partial charge < -0.3 is 24.3 Å². The zero-order valence-corrected chi connectivity index (χ0v) is 18.0. The van der Waals surface area contributed by atoms with E-state index in [2.05, 4.69) is 10.3 Å². The molecule has 4 rings (SSSR count). The number of hydrogen-bond donors (Lipinski definition) is 1. The fourth-order valence-electron chi connectivity index (χ4n) is 3.88. The third kappa shape index (κ3) is 4.27. The molecule has 31 heavy (non-hydrogen) atoms. The lowest BCUT2D eigenvalue weighted by Gasteiger charge is -2.18. The van der Waals surface area contributed by atoms with Crippen LogP contribution in [-0.4, -0.2) is 43.9 Å². The summed E-state index contributed by atoms with van der Waals surface area (Å²) in [5.41, 5.74) is 1.64. The molecule has 7 nitrogen and oxygen atoms in total. The summed E-state index contributed by atoms with van der Waals surface area (Å²) in [5.74, 6) is 2.26. The Balaban J connectivity index is 1.57. The zero-order valence-electron chi connectivity index (χ0n) is 18.0. The Labute approximate surface area is 181 Å². The number of rotatable bonds is 7. The van der Waals surface area contributed by atoms with Crippen LogP contribution in [0.3, 0.4) is 0 Å². The molecule has 1 amide bonds. The number of fused-ring (bicyclic) bond motifs is 2. The van der Waals surface area contributed by atoms with Crippen LogP contribution in [0, 0.1) is 0 Å². The molecule has 2 aromatic carbocycles. The molecule has 0 fully saturated rings. The van der Waals surface area contributed by atoms with Crippen LogP contribution in [0.1, 0.15) is 25.3 Å². The lowest BCUT2D eigenvalue weighted by atomic mass is 9.95. The first-order chi connectivity index (χ1) is 15.0. The van der Waals surface area contributed by atoms with Crippen molar-refractivity contribution in [1.82, 2.24) is 10.3 Å². The lowest BCUT2D eigenvalue weighted by molar-refractivity contribution is -0.124. The second-order valence-electron chi connectivity index (χ2n) is 7.66. The number of carbonyl (C=O) groups excluding carboxylic acids is 1. The van der Waals surface area contributed by atoms with E-state index in [0.717, 1.165) is 22.2 Å². The van der Waals surface area contributed by atoms with Crippen molar-refractivity contribution in [3.8, 4) is 23.0 Å². The first-order valence-corrected chi connectivity index (χ1v) is 10.2. The van der Waals surface area contributed by atoms with E-state index in [9.17, 15) is 4.79 Å². The molecule has 0 bridgehead atoms. The summed E-state index contributed by atoms with van der Waals surface area (Å²) in [6, 6.07) is 13.0. The van der Waals surface area contributed by atoms with Crippen molar-refractivity contribution in [2.75, 3.05) is 20.8 Å². The van der Waals surface area contributed by atoms with Gasteiger partial charge in [0, 0.05) is 42.4 Å². The summed E-state index contributed by atoms with van der Waals surface area (Å²) >= 11 is 0. The summed E-state index contributed by atoms with van der Waals surface area (Å²) in [5, 5.41) is 3.86. The number of carbonyl (C=O) groups is 1. The van der Waals surface area contributed by atoms with E-state index in [1.165, 1.54) is 0 Å². The fraction of sp³-hybridized carbons (Fsp3) is 0.333. The normalized spacial score (nSPS) is 18.2. The molecule has 0 saturated heterocycles. The van der Waals surface area contributed by atoms with Crippen molar-refractivity contribution in [1.29, 1.82) is 0 Å². The van der Waals surface area contributed by atoms with Gasteiger partial charge in [-0.3, -0.25) is 9.78 Å². The highest BCUT2D eigenvalue weighted by Gasteiger charge is 2.37. The Bertz CT molecular complexity index is 1100. The predicted molar refractivity (Wildman–Crippen MR) is 117 cm³/mol. The number of aromatic nitrogens is 1. The molecule has 3 atom stereocenters. The minimum Gasteiger partial charge on any atom is -0.497 e. The smallest absolute Gasteiger partial charge is 0.231 e. The first-order valence-electron chi connectivity index (χ1n) is 10.2. The monoisotopic (exact) mass is 422 g/mol. The topological polar surface area (TPSA) is 78.9 Å². The second kappa shape index (κ2) is 8.81. The molecule has 7 heteroatoms. The molecule has 3 aromatic rings. The minimum atomic E-state index is -0.377. The Kier molecular flexibility index (Phi) is 5.95. The van der Waals surface area contributed by atoms with Crippen LogP contribution >= 0.6 is 0 Å². The maximum absolute atomic E-state index is 12.8. The minimum absolute atomic E-state index is 0.0708. The van der Waals surface area contributed by atoms with Crippen LogP contribution in [0.4, 0.5) is 0 Å². The van der Waals surface area contributed by atoms with E-state index in [1.54, 1.807) is 20.4 Å². The molecular weight excluding hydrogens is 396 g/mol. The average molecular weight is 422 g/mol. The van der Waals surface area contributed by atoms with Crippen molar-refractivity contribution < 1.29 is 23.7 Å². The van der Waals surface area contributed by atoms with Gasteiger partial charge in [-0.05, 0) is 38.1 Å². The van der Waals surface area contributed by atoms with Gasteiger partial charge >= 0.3 is 0 Å². The lowest BCUT2D eigenvalue weighted by Crippen LogP contribution is -2.41. The number of benzene rings is 2. The van der Waals surface area contributed by atoms with Crippen molar-refractivity contribution >= 4 is 16.8 Å². The number of hydrogen-bond acceptors (Lipinski definition) is 6. The van der Waals surface area contributed by atoms with Gasteiger partial charge in [0.1, 0.15) is 35.0 Å². The molecule has 162 valence electrons. The standard InChI is InChI=1S/C24H26N2O5/c1-14(13-28-3)26-24(27)23-15(2)30-22-12-17(6-8-19(22)23)31-21-9-10-25-20-11-16(29-4)5-7-18(20)21/h5-12,14-15,23H,13H2,1-4H3,(H,26,27). The number of nitrogens with one attached hydrogen (secondary N) is 1. The van der Waals surface area contributed by atoms with Gasteiger partial charge in [0.15, 0.2) is 0 Å². The van der Waals surface area contributed by atoms with Gasteiger partial charge in [0.25, 0.3) is 0 Å². The third-order valence-corrected chi connectivity index (χ3v) is 5.33. The second-order valence-corrected chi connectivity index (χ2v) is 7.66. The molecule has 0 saturated carbocycles. The van der Waals surface area contributed by atoms with Gasteiger partial charge in [0.2, 0.25) is 5.91 Å². The Morgan fingerprint density at radius 1 is 1.16 bits per heavy atom. The van der Waals surface area contributed by atoms with Gasteiger partial charge in [-0.1, -0.05) is 6.07 Å². The van der Waals surface area contributed by atoms with Gasteiger partial charge in [-0.25, -0.2) is 0 Å². The molecule has 3 unspecified atom stereocenters. The quantitative estimate of drug-likeness (QED) is 0.619. The van der Waals surface area contributed by atoms with Crippen molar-refractivity contribution in [3.63, 3.8) is 0 Å². The summed E-state index contributed by atoms with van der Waals surface area (Å²) in [4.78, 5) is 17.2. The number of methoxy groups -OCH3 is 2. The number of amides is 1. The SMILES string of the molecule is COCC(C)NC(=O)C1c2ccc(Oc3ccnc4cc(OC)ccc34)cc2OC1C. The van der Waals surface area contributed by atoms with Crippen LogP contribution < -0.4 is 19.5 Å². The number of pyridine rings is 1. The molecule has 1 aliphatic heterocycles. The van der Waals surface area contributed by atoms with Crippen LogP contribution in [0.15, 0.2) is 48.7 Å². The molecular formula is C24H26N2O5. The Morgan fingerprint density at radius 3 is 2.74 bits per heavy atom. The van der Waals surface area contributed by atoms with Gasteiger partial charge in [-0.2, -0.15) is 0 Å². The fourth-order valence-corrected chi connectivity index (χ4v) is 3.88. The molecule has 0 radical (unpaired) electrons. The van der Waals surface area contributed by atoms with E-state index < -0.39 is 0 Å². The summed E-state index contributed by atoms with van der Waals surface area (Å²) in [7, 11) is 3.24. The molecule has 1 N–H and O–H groups in total. The van der Waals surface area contributed by atoms with Gasteiger partial charge in [0.05, 0.1) is 19.2 Å². The maximum Gasteiger partial charge on any atom is 0.231 e. The summed E-state index contributed by atoms with van der Waals surface area (Å²) in [6.07, 6.45) is 1.43. The number of nitrogens with zero attached hydrogens (tertiary/aromatic N) is 1. The van der Waals surface area contributed by atoms with Crippen LogP contribution in [0.2, 0.25) is 0 Å². The summed E-state index contributed by atoms with van der Waals surface area (Å²) in [6.45, 7) is 4.27.